The van der Waals surface area contributed by atoms with Crippen molar-refractivity contribution in [2.24, 2.45) is 0 Å². The average Bonchev–Trinajstić information content (AvgIpc) is 2.48. The zero-order chi connectivity index (χ0) is 18.1. The van der Waals surface area contributed by atoms with Crippen LogP contribution in [0.1, 0.15) is 48.4 Å². The molecule has 0 saturated heterocycles. The first-order chi connectivity index (χ1) is 11.1. The zero-order valence-electron chi connectivity index (χ0n) is 15.6. The van der Waals surface area contributed by atoms with Crippen molar-refractivity contribution in [3.05, 3.63) is 34.4 Å². The lowest BCUT2D eigenvalue weighted by atomic mass is 9.85. The Kier molecular flexibility index (Phi) is 5.73. The second-order valence-corrected chi connectivity index (χ2v) is 9.60. The molecule has 0 bridgehead atoms. The van der Waals surface area contributed by atoms with Gasteiger partial charge < -0.3 is 9.16 Å². The van der Waals surface area contributed by atoms with E-state index in [1.54, 1.807) is 0 Å². The highest BCUT2D eigenvalue weighted by atomic mass is 28.3. The lowest BCUT2D eigenvalue weighted by Gasteiger charge is -2.38. The topological polar surface area (TPSA) is 18.5 Å². The van der Waals surface area contributed by atoms with Crippen LogP contribution in [0.5, 0.6) is 11.5 Å². The SMILES string of the molecule is Cc1c(C)c2c(c(C)c1O[SiH](C)C)CCC(C)(CCC=C(F)F)O2. The lowest BCUT2D eigenvalue weighted by Crippen LogP contribution is -2.37. The summed E-state index contributed by atoms with van der Waals surface area (Å²) < 4.78 is 37.1. The number of hydrogen-bond donors (Lipinski definition) is 0. The van der Waals surface area contributed by atoms with Gasteiger partial charge in [-0.1, -0.05) is 0 Å². The predicted octanol–water partition coefficient (Wildman–Crippen LogP) is 5.62. The highest BCUT2D eigenvalue weighted by Crippen LogP contribution is 2.44. The van der Waals surface area contributed by atoms with E-state index in [-0.39, 0.29) is 0 Å². The van der Waals surface area contributed by atoms with Gasteiger partial charge in [0.15, 0.2) is 0 Å². The highest BCUT2D eigenvalue weighted by molar-refractivity contribution is 6.49. The van der Waals surface area contributed by atoms with E-state index in [4.69, 9.17) is 9.16 Å². The van der Waals surface area contributed by atoms with E-state index in [2.05, 4.69) is 33.9 Å². The fraction of sp³-hybridized carbons (Fsp3) is 0.579. The van der Waals surface area contributed by atoms with Gasteiger partial charge in [0.2, 0.25) is 9.04 Å². The summed E-state index contributed by atoms with van der Waals surface area (Å²) in [5.41, 5.74) is 4.24. The smallest absolute Gasteiger partial charge is 0.266 e. The molecule has 1 aromatic rings. The van der Waals surface area contributed by atoms with E-state index in [0.717, 1.165) is 41.5 Å². The molecule has 1 aliphatic heterocycles. The summed E-state index contributed by atoms with van der Waals surface area (Å²) in [5, 5.41) is 0. The summed E-state index contributed by atoms with van der Waals surface area (Å²) in [7, 11) is -1.18. The van der Waals surface area contributed by atoms with E-state index in [1.165, 1.54) is 11.1 Å². The van der Waals surface area contributed by atoms with E-state index in [0.29, 0.717) is 12.8 Å². The van der Waals surface area contributed by atoms with Crippen LogP contribution in [0, 0.1) is 20.8 Å². The fourth-order valence-electron chi connectivity index (χ4n) is 3.36. The lowest BCUT2D eigenvalue weighted by molar-refractivity contribution is 0.0557. The van der Waals surface area contributed by atoms with E-state index in [1.807, 2.05) is 6.92 Å². The van der Waals surface area contributed by atoms with Crippen LogP contribution in [0.25, 0.3) is 0 Å². The molecule has 5 heteroatoms. The third kappa shape index (κ3) is 3.99. The number of halogens is 2. The molecule has 24 heavy (non-hydrogen) atoms. The van der Waals surface area contributed by atoms with Gasteiger partial charge in [-0.05, 0) is 89.2 Å². The maximum atomic E-state index is 12.3. The van der Waals surface area contributed by atoms with Gasteiger partial charge in [0, 0.05) is 5.56 Å². The number of rotatable bonds is 5. The quantitative estimate of drug-likeness (QED) is 0.639. The maximum Gasteiger partial charge on any atom is 0.266 e. The molecule has 1 heterocycles. The van der Waals surface area contributed by atoms with Crippen LogP contribution in [0.4, 0.5) is 8.78 Å². The molecule has 0 amide bonds. The molecule has 0 radical (unpaired) electrons. The number of fused-ring (bicyclic) bond motifs is 1. The Morgan fingerprint density at radius 3 is 2.46 bits per heavy atom. The normalized spacial score (nSPS) is 19.7. The Bertz CT molecular complexity index is 652. The van der Waals surface area contributed by atoms with Gasteiger partial charge in [0.25, 0.3) is 6.08 Å². The minimum atomic E-state index is -1.61. The molecule has 1 atom stereocenters. The fourth-order valence-corrected chi connectivity index (χ4v) is 4.18. The Morgan fingerprint density at radius 1 is 1.21 bits per heavy atom. The van der Waals surface area contributed by atoms with Gasteiger partial charge in [-0.25, -0.2) is 0 Å². The van der Waals surface area contributed by atoms with Crippen LogP contribution in [-0.4, -0.2) is 14.6 Å². The molecular weight excluding hydrogens is 326 g/mol. The molecule has 1 unspecified atom stereocenters. The van der Waals surface area contributed by atoms with Crippen molar-refractivity contribution in [1.29, 1.82) is 0 Å². The number of allylic oxidation sites excluding steroid dienone is 1. The van der Waals surface area contributed by atoms with Gasteiger partial charge in [-0.2, -0.15) is 8.78 Å². The van der Waals surface area contributed by atoms with Crippen LogP contribution in [0.2, 0.25) is 13.1 Å². The van der Waals surface area contributed by atoms with Crippen LogP contribution in [-0.2, 0) is 6.42 Å². The molecule has 0 aromatic heterocycles. The predicted molar refractivity (Wildman–Crippen MR) is 97.0 cm³/mol. The van der Waals surface area contributed by atoms with Crippen LogP contribution in [0.15, 0.2) is 12.2 Å². The molecule has 134 valence electrons. The molecule has 1 aromatic carbocycles. The largest absolute Gasteiger partial charge is 0.547 e. The van der Waals surface area contributed by atoms with E-state index < -0.39 is 20.7 Å². The van der Waals surface area contributed by atoms with Gasteiger partial charge in [-0.15, -0.1) is 0 Å². The summed E-state index contributed by atoms with van der Waals surface area (Å²) in [4.78, 5) is 0. The number of hydrogen-bond acceptors (Lipinski definition) is 2. The van der Waals surface area contributed by atoms with Crippen molar-refractivity contribution in [3.63, 3.8) is 0 Å². The Hall–Kier alpha value is -1.36. The standard InChI is InChI=1S/C19H28F2O2Si/c1-12-13(2)18-15(14(3)17(12)23-24(5)6)9-11-19(4,22-18)10-7-8-16(20)21/h8,24H,7,9-11H2,1-6H3. The Balaban J connectivity index is 2.33. The van der Waals surface area contributed by atoms with Crippen molar-refractivity contribution in [2.45, 2.75) is 72.1 Å². The first kappa shape index (κ1) is 19.0. The number of benzene rings is 1. The molecule has 0 fully saturated rings. The monoisotopic (exact) mass is 354 g/mol. The molecule has 0 N–H and O–H groups in total. The zero-order valence-corrected chi connectivity index (χ0v) is 16.7. The molecule has 0 saturated carbocycles. The van der Waals surface area contributed by atoms with E-state index in [9.17, 15) is 8.78 Å². The van der Waals surface area contributed by atoms with Crippen LogP contribution in [0.3, 0.4) is 0 Å². The van der Waals surface area contributed by atoms with Crippen LogP contribution < -0.4 is 9.16 Å². The first-order valence-corrected chi connectivity index (χ1v) is 11.4. The molecule has 2 nitrogen and oxygen atoms in total. The summed E-state index contributed by atoms with van der Waals surface area (Å²) >= 11 is 0. The Morgan fingerprint density at radius 2 is 1.88 bits per heavy atom. The van der Waals surface area contributed by atoms with E-state index >= 15 is 0 Å². The van der Waals surface area contributed by atoms with Crippen molar-refractivity contribution >= 4 is 9.04 Å². The molecule has 1 aliphatic rings. The highest BCUT2D eigenvalue weighted by Gasteiger charge is 2.34. The van der Waals surface area contributed by atoms with Crippen molar-refractivity contribution in [1.82, 2.24) is 0 Å². The van der Waals surface area contributed by atoms with Gasteiger partial charge in [-0.3, -0.25) is 0 Å². The minimum Gasteiger partial charge on any atom is -0.547 e. The molecule has 0 aliphatic carbocycles. The second kappa shape index (κ2) is 7.26. The number of ether oxygens (including phenoxy) is 1. The molecular formula is C19H28F2O2Si. The maximum absolute atomic E-state index is 12.3. The van der Waals surface area contributed by atoms with Gasteiger partial charge in [0.1, 0.15) is 17.1 Å². The molecule has 0 spiro atoms. The summed E-state index contributed by atoms with van der Waals surface area (Å²) in [6.07, 6.45) is 2.04. The Labute approximate surface area is 145 Å². The van der Waals surface area contributed by atoms with Crippen molar-refractivity contribution in [2.75, 3.05) is 0 Å². The van der Waals surface area contributed by atoms with Crippen LogP contribution >= 0.6 is 0 Å². The average molecular weight is 355 g/mol. The second-order valence-electron chi connectivity index (χ2n) is 7.26. The third-order valence-electron chi connectivity index (χ3n) is 4.89. The summed E-state index contributed by atoms with van der Waals surface area (Å²) in [6.45, 7) is 12.6. The molecule has 2 rings (SSSR count). The first-order valence-electron chi connectivity index (χ1n) is 8.64. The van der Waals surface area contributed by atoms with Crippen molar-refractivity contribution < 1.29 is 17.9 Å². The van der Waals surface area contributed by atoms with Gasteiger partial charge >= 0.3 is 0 Å². The minimum absolute atomic E-state index is 0.339. The summed E-state index contributed by atoms with van der Waals surface area (Å²) in [5.74, 6) is 1.95. The summed E-state index contributed by atoms with van der Waals surface area (Å²) in [6, 6.07) is 0. The third-order valence-corrected chi connectivity index (χ3v) is 5.60. The van der Waals surface area contributed by atoms with Crippen molar-refractivity contribution in [3.8, 4) is 11.5 Å². The van der Waals surface area contributed by atoms with Gasteiger partial charge in [0.05, 0.1) is 0 Å².